The van der Waals surface area contributed by atoms with Gasteiger partial charge >= 0.3 is 5.63 Å². The molecule has 1 aromatic heterocycles. The number of fused-ring (bicyclic) bond motifs is 1. The Labute approximate surface area is 144 Å². The molecule has 1 N–H and O–H groups in total. The molecule has 4 nitrogen and oxygen atoms in total. The smallest absolute Gasteiger partial charge is 0.336 e. The van der Waals surface area contributed by atoms with Crippen LogP contribution in [0.1, 0.15) is 17.5 Å². The standard InChI is InChI=1S/C19H16ClNO3/c1-12-10-19(23)24-17-11-15(7-8-16(12)17)21-18(22)9-4-13-2-5-14(20)6-3-13/h2-3,5-8,10-11H,4,9H2,1H3,(H,21,22). The van der Waals surface area contributed by atoms with Crippen LogP contribution >= 0.6 is 11.6 Å². The number of aryl methyl sites for hydroxylation is 2. The van der Waals surface area contributed by atoms with Crippen molar-refractivity contribution in [1.29, 1.82) is 0 Å². The van der Waals surface area contributed by atoms with Crippen molar-refractivity contribution in [3.05, 3.63) is 75.1 Å². The van der Waals surface area contributed by atoms with E-state index in [0.29, 0.717) is 29.1 Å². The average molecular weight is 342 g/mol. The van der Waals surface area contributed by atoms with Gasteiger partial charge in [-0.2, -0.15) is 0 Å². The van der Waals surface area contributed by atoms with Crippen molar-refractivity contribution >= 4 is 34.2 Å². The Morgan fingerprint density at radius 3 is 2.62 bits per heavy atom. The molecule has 0 unspecified atom stereocenters. The summed E-state index contributed by atoms with van der Waals surface area (Å²) < 4.78 is 5.19. The molecule has 2 aromatic carbocycles. The minimum atomic E-state index is -0.397. The molecule has 0 radical (unpaired) electrons. The molecule has 0 spiro atoms. The van der Waals surface area contributed by atoms with Crippen LogP contribution in [0, 0.1) is 6.92 Å². The molecule has 0 aliphatic rings. The highest BCUT2D eigenvalue weighted by atomic mass is 35.5. The second-order valence-corrected chi connectivity index (χ2v) is 6.07. The predicted molar refractivity (Wildman–Crippen MR) is 95.6 cm³/mol. The zero-order valence-electron chi connectivity index (χ0n) is 13.1. The maximum atomic E-state index is 12.1. The Hall–Kier alpha value is -2.59. The first-order valence-corrected chi connectivity index (χ1v) is 7.98. The lowest BCUT2D eigenvalue weighted by Crippen LogP contribution is -2.12. The third kappa shape index (κ3) is 3.84. The van der Waals surface area contributed by atoms with Gasteiger partial charge in [0.2, 0.25) is 5.91 Å². The van der Waals surface area contributed by atoms with E-state index in [4.69, 9.17) is 16.0 Å². The Balaban J connectivity index is 1.69. The summed E-state index contributed by atoms with van der Waals surface area (Å²) in [6.07, 6.45) is 0.988. The van der Waals surface area contributed by atoms with Crippen LogP contribution in [0.5, 0.6) is 0 Å². The van der Waals surface area contributed by atoms with Crippen molar-refractivity contribution in [2.45, 2.75) is 19.8 Å². The molecule has 0 saturated heterocycles. The first kappa shape index (κ1) is 16.3. The number of benzene rings is 2. The highest BCUT2D eigenvalue weighted by molar-refractivity contribution is 6.30. The summed E-state index contributed by atoms with van der Waals surface area (Å²) in [5.74, 6) is -0.0979. The SMILES string of the molecule is Cc1cc(=O)oc2cc(NC(=O)CCc3ccc(Cl)cc3)ccc12. The van der Waals surface area contributed by atoms with Crippen molar-refractivity contribution in [2.75, 3.05) is 5.32 Å². The number of hydrogen-bond acceptors (Lipinski definition) is 3. The maximum Gasteiger partial charge on any atom is 0.336 e. The quantitative estimate of drug-likeness (QED) is 0.719. The van der Waals surface area contributed by atoms with Crippen LogP contribution < -0.4 is 10.9 Å². The van der Waals surface area contributed by atoms with E-state index in [1.54, 1.807) is 12.1 Å². The summed E-state index contributed by atoms with van der Waals surface area (Å²) >= 11 is 5.84. The maximum absolute atomic E-state index is 12.1. The van der Waals surface area contributed by atoms with Gasteiger partial charge in [-0.3, -0.25) is 4.79 Å². The molecule has 1 amide bonds. The molecule has 0 fully saturated rings. The summed E-state index contributed by atoms with van der Waals surface area (Å²) in [4.78, 5) is 23.6. The van der Waals surface area contributed by atoms with Crippen molar-refractivity contribution in [1.82, 2.24) is 0 Å². The van der Waals surface area contributed by atoms with Crippen molar-refractivity contribution in [2.24, 2.45) is 0 Å². The van der Waals surface area contributed by atoms with Gasteiger partial charge in [0.05, 0.1) is 0 Å². The van der Waals surface area contributed by atoms with Gasteiger partial charge in [0.15, 0.2) is 0 Å². The van der Waals surface area contributed by atoms with E-state index in [-0.39, 0.29) is 5.91 Å². The normalized spacial score (nSPS) is 10.8. The molecule has 3 rings (SSSR count). The number of anilines is 1. The van der Waals surface area contributed by atoms with Gasteiger partial charge in [0.1, 0.15) is 5.58 Å². The topological polar surface area (TPSA) is 59.3 Å². The molecule has 24 heavy (non-hydrogen) atoms. The summed E-state index contributed by atoms with van der Waals surface area (Å²) in [7, 11) is 0. The number of carbonyl (C=O) groups excluding carboxylic acids is 1. The number of hydrogen-bond donors (Lipinski definition) is 1. The van der Waals surface area contributed by atoms with Gasteiger partial charge in [-0.25, -0.2) is 4.79 Å². The monoisotopic (exact) mass is 341 g/mol. The van der Waals surface area contributed by atoms with Crippen LogP contribution in [0.2, 0.25) is 5.02 Å². The van der Waals surface area contributed by atoms with Crippen molar-refractivity contribution < 1.29 is 9.21 Å². The van der Waals surface area contributed by atoms with E-state index < -0.39 is 5.63 Å². The van der Waals surface area contributed by atoms with E-state index in [9.17, 15) is 9.59 Å². The highest BCUT2D eigenvalue weighted by Crippen LogP contribution is 2.21. The first-order valence-electron chi connectivity index (χ1n) is 7.60. The zero-order valence-corrected chi connectivity index (χ0v) is 13.9. The van der Waals surface area contributed by atoms with Crippen LogP contribution in [0.25, 0.3) is 11.0 Å². The lowest BCUT2D eigenvalue weighted by Gasteiger charge is -2.07. The molecule has 0 saturated carbocycles. The average Bonchev–Trinajstić information content (AvgIpc) is 2.54. The van der Waals surface area contributed by atoms with Crippen LogP contribution in [0.15, 0.2) is 57.7 Å². The third-order valence-electron chi connectivity index (χ3n) is 3.79. The molecule has 5 heteroatoms. The molecule has 0 aliphatic carbocycles. The molecule has 0 bridgehead atoms. The van der Waals surface area contributed by atoms with E-state index in [1.807, 2.05) is 37.3 Å². The number of nitrogens with one attached hydrogen (secondary N) is 1. The Kier molecular flexibility index (Phi) is 4.67. The highest BCUT2D eigenvalue weighted by Gasteiger charge is 2.07. The largest absolute Gasteiger partial charge is 0.423 e. The van der Waals surface area contributed by atoms with E-state index in [0.717, 1.165) is 16.5 Å². The summed E-state index contributed by atoms with van der Waals surface area (Å²) in [6, 6.07) is 14.2. The predicted octanol–water partition coefficient (Wildman–Crippen LogP) is 4.33. The third-order valence-corrected chi connectivity index (χ3v) is 4.04. The molecule has 122 valence electrons. The first-order chi connectivity index (χ1) is 11.5. The van der Waals surface area contributed by atoms with Crippen molar-refractivity contribution in [3.63, 3.8) is 0 Å². The van der Waals surface area contributed by atoms with Crippen LogP contribution in [-0.4, -0.2) is 5.91 Å². The molecule has 0 atom stereocenters. The van der Waals surface area contributed by atoms with E-state index in [2.05, 4.69) is 5.32 Å². The molecule has 1 heterocycles. The second kappa shape index (κ2) is 6.89. The van der Waals surface area contributed by atoms with E-state index in [1.165, 1.54) is 6.07 Å². The Morgan fingerprint density at radius 1 is 1.12 bits per heavy atom. The molecule has 3 aromatic rings. The van der Waals surface area contributed by atoms with Crippen LogP contribution in [0.3, 0.4) is 0 Å². The Morgan fingerprint density at radius 2 is 1.88 bits per heavy atom. The summed E-state index contributed by atoms with van der Waals surface area (Å²) in [5.41, 5.74) is 2.58. The Bertz CT molecular complexity index is 945. The molecular formula is C19H16ClNO3. The fourth-order valence-electron chi connectivity index (χ4n) is 2.54. The lowest BCUT2D eigenvalue weighted by molar-refractivity contribution is -0.116. The lowest BCUT2D eigenvalue weighted by atomic mass is 10.1. The number of halogens is 1. The molecular weight excluding hydrogens is 326 g/mol. The minimum absolute atomic E-state index is 0.0979. The molecule has 0 aliphatic heterocycles. The fraction of sp³-hybridized carbons (Fsp3) is 0.158. The van der Waals surface area contributed by atoms with Crippen LogP contribution in [-0.2, 0) is 11.2 Å². The van der Waals surface area contributed by atoms with Crippen molar-refractivity contribution in [3.8, 4) is 0 Å². The van der Waals surface area contributed by atoms with E-state index >= 15 is 0 Å². The zero-order chi connectivity index (χ0) is 17.1. The van der Waals surface area contributed by atoms with Gasteiger partial charge in [-0.05, 0) is 48.7 Å². The number of carbonyl (C=O) groups is 1. The van der Waals surface area contributed by atoms with Crippen LogP contribution in [0.4, 0.5) is 5.69 Å². The minimum Gasteiger partial charge on any atom is -0.423 e. The number of rotatable bonds is 4. The fourth-order valence-corrected chi connectivity index (χ4v) is 2.66. The van der Waals surface area contributed by atoms with Gasteiger partial charge < -0.3 is 9.73 Å². The van der Waals surface area contributed by atoms with Gasteiger partial charge in [-0.1, -0.05) is 23.7 Å². The summed E-state index contributed by atoms with van der Waals surface area (Å²) in [5, 5.41) is 4.36. The van der Waals surface area contributed by atoms with Gasteiger partial charge in [-0.15, -0.1) is 0 Å². The van der Waals surface area contributed by atoms with Gasteiger partial charge in [0.25, 0.3) is 0 Å². The van der Waals surface area contributed by atoms with Gasteiger partial charge in [0, 0.05) is 34.6 Å². The summed E-state index contributed by atoms with van der Waals surface area (Å²) in [6.45, 7) is 1.85. The second-order valence-electron chi connectivity index (χ2n) is 5.63. The number of amides is 1.